The zero-order valence-corrected chi connectivity index (χ0v) is 17.6. The number of thiazole rings is 1. The van der Waals surface area contributed by atoms with Crippen LogP contribution >= 0.6 is 11.3 Å². The zero-order chi connectivity index (χ0) is 20.7. The van der Waals surface area contributed by atoms with E-state index >= 15 is 0 Å². The molecule has 0 unspecified atom stereocenters. The van der Waals surface area contributed by atoms with Gasteiger partial charge in [-0.1, -0.05) is 30.3 Å². The van der Waals surface area contributed by atoms with Gasteiger partial charge in [-0.15, -0.1) is 11.3 Å². The number of benzene rings is 2. The molecule has 0 saturated heterocycles. The molecule has 0 saturated carbocycles. The van der Waals surface area contributed by atoms with E-state index in [-0.39, 0.29) is 4.90 Å². The molecule has 5 rings (SSSR count). The minimum atomic E-state index is -3.84. The largest absolute Gasteiger partial charge is 0.282 e. The summed E-state index contributed by atoms with van der Waals surface area (Å²) in [6.45, 7) is 1.92. The van der Waals surface area contributed by atoms with Gasteiger partial charge in [0.05, 0.1) is 26.8 Å². The van der Waals surface area contributed by atoms with E-state index in [4.69, 9.17) is 0 Å². The summed E-state index contributed by atoms with van der Waals surface area (Å²) in [5.74, 6) is 0. The molecule has 5 aromatic rings. The Bertz CT molecular complexity index is 1480. The summed E-state index contributed by atoms with van der Waals surface area (Å²) in [5.41, 5.74) is 3.76. The van der Waals surface area contributed by atoms with Gasteiger partial charge in [0.25, 0.3) is 10.0 Å². The first-order chi connectivity index (χ1) is 14.5. The second-order valence-electron chi connectivity index (χ2n) is 6.73. The van der Waals surface area contributed by atoms with Crippen LogP contribution in [0.2, 0.25) is 0 Å². The second kappa shape index (κ2) is 7.16. The molecule has 0 N–H and O–H groups in total. The van der Waals surface area contributed by atoms with Crippen molar-refractivity contribution in [1.29, 1.82) is 0 Å². The van der Waals surface area contributed by atoms with E-state index in [1.807, 2.05) is 48.7 Å². The van der Waals surface area contributed by atoms with Gasteiger partial charge in [0.1, 0.15) is 0 Å². The molecule has 0 bridgehead atoms. The van der Waals surface area contributed by atoms with Crippen LogP contribution in [0.15, 0.2) is 83.3 Å². The third-order valence-electron chi connectivity index (χ3n) is 4.78. The lowest BCUT2D eigenvalue weighted by atomic mass is 10.1. The average molecular weight is 433 g/mol. The molecular formula is C22H16N4O2S2. The highest BCUT2D eigenvalue weighted by Gasteiger charge is 2.20. The number of fused-ring (bicyclic) bond motifs is 1. The fourth-order valence-electron chi connectivity index (χ4n) is 3.32. The molecule has 0 fully saturated rings. The van der Waals surface area contributed by atoms with Crippen LogP contribution in [0.4, 0.5) is 0 Å². The molecule has 0 aliphatic heterocycles. The maximum atomic E-state index is 13.2. The lowest BCUT2D eigenvalue weighted by Crippen LogP contribution is -2.13. The molecule has 30 heavy (non-hydrogen) atoms. The Morgan fingerprint density at radius 2 is 1.83 bits per heavy atom. The highest BCUT2D eigenvalue weighted by molar-refractivity contribution is 7.89. The summed E-state index contributed by atoms with van der Waals surface area (Å²) in [6.07, 6.45) is 3.17. The Hall–Kier alpha value is -3.36. The van der Waals surface area contributed by atoms with Crippen LogP contribution in [0.3, 0.4) is 0 Å². The van der Waals surface area contributed by atoms with Gasteiger partial charge in [-0.2, -0.15) is 17.6 Å². The summed E-state index contributed by atoms with van der Waals surface area (Å²) >= 11 is 1.53. The summed E-state index contributed by atoms with van der Waals surface area (Å²) in [7, 11) is -3.84. The number of hydrogen-bond acceptors (Lipinski definition) is 6. The number of nitrogens with zero attached hydrogens (tertiary/aromatic N) is 4. The predicted octanol–water partition coefficient (Wildman–Crippen LogP) is 4.77. The Kier molecular flexibility index (Phi) is 4.45. The van der Waals surface area contributed by atoms with Gasteiger partial charge >= 0.3 is 0 Å². The van der Waals surface area contributed by atoms with Crippen molar-refractivity contribution in [2.45, 2.75) is 11.8 Å². The Labute approximate surface area is 177 Å². The van der Waals surface area contributed by atoms with Crippen LogP contribution in [0.5, 0.6) is 0 Å². The molecule has 0 aliphatic rings. The van der Waals surface area contributed by atoms with Gasteiger partial charge in [0, 0.05) is 34.3 Å². The highest BCUT2D eigenvalue weighted by atomic mass is 32.2. The first-order valence-electron chi connectivity index (χ1n) is 9.20. The number of para-hydroxylation sites is 1. The average Bonchev–Trinajstić information content (AvgIpc) is 3.43. The van der Waals surface area contributed by atoms with E-state index < -0.39 is 10.0 Å². The molecule has 3 aromatic heterocycles. The first kappa shape index (κ1) is 18.7. The van der Waals surface area contributed by atoms with Crippen molar-refractivity contribution in [2.24, 2.45) is 0 Å². The molecule has 0 radical (unpaired) electrons. The summed E-state index contributed by atoms with van der Waals surface area (Å²) in [5, 5.41) is 8.14. The molecule has 0 amide bonds. The summed E-state index contributed by atoms with van der Waals surface area (Å²) in [6, 6.07) is 18.0. The zero-order valence-electron chi connectivity index (χ0n) is 15.9. The third-order valence-corrected chi connectivity index (χ3v) is 7.10. The van der Waals surface area contributed by atoms with Crippen LogP contribution in [-0.2, 0) is 10.0 Å². The monoisotopic (exact) mass is 432 g/mol. The summed E-state index contributed by atoms with van der Waals surface area (Å²) < 4.78 is 27.4. The van der Waals surface area contributed by atoms with E-state index in [1.165, 1.54) is 17.5 Å². The molecule has 2 aromatic carbocycles. The number of aryl methyl sites for hydroxylation is 1. The van der Waals surface area contributed by atoms with Crippen molar-refractivity contribution in [3.8, 4) is 22.5 Å². The van der Waals surface area contributed by atoms with Gasteiger partial charge in [-0.05, 0) is 37.3 Å². The van der Waals surface area contributed by atoms with Gasteiger partial charge in [-0.3, -0.25) is 4.98 Å². The van der Waals surface area contributed by atoms with E-state index in [0.29, 0.717) is 5.69 Å². The number of hydrogen-bond donors (Lipinski definition) is 0. The highest BCUT2D eigenvalue weighted by Crippen LogP contribution is 2.28. The van der Waals surface area contributed by atoms with Crippen molar-refractivity contribution in [3.63, 3.8) is 0 Å². The first-order valence-corrected chi connectivity index (χ1v) is 11.5. The SMILES string of the molecule is Cc1nc(-c2cccc(S(=O)(=O)n3ccc(-c4ccnc5ccccc45)n3)c2)cs1. The van der Waals surface area contributed by atoms with Gasteiger partial charge < -0.3 is 0 Å². The lowest BCUT2D eigenvalue weighted by molar-refractivity contribution is 0.580. The quantitative estimate of drug-likeness (QED) is 0.409. The molecule has 3 heterocycles. The van der Waals surface area contributed by atoms with Crippen LogP contribution in [0.1, 0.15) is 5.01 Å². The van der Waals surface area contributed by atoms with Crippen LogP contribution in [-0.4, -0.2) is 27.6 Å². The molecule has 6 nitrogen and oxygen atoms in total. The maximum absolute atomic E-state index is 13.2. The molecule has 148 valence electrons. The minimum absolute atomic E-state index is 0.167. The van der Waals surface area contributed by atoms with E-state index in [1.54, 1.807) is 30.5 Å². The van der Waals surface area contributed by atoms with Crippen LogP contribution in [0.25, 0.3) is 33.4 Å². The molecule has 0 spiro atoms. The molecular weight excluding hydrogens is 416 g/mol. The minimum Gasteiger partial charge on any atom is -0.256 e. The Morgan fingerprint density at radius 1 is 0.967 bits per heavy atom. The molecule has 8 heteroatoms. The number of pyridine rings is 1. The lowest BCUT2D eigenvalue weighted by Gasteiger charge is -2.06. The maximum Gasteiger partial charge on any atom is 0.282 e. The van der Waals surface area contributed by atoms with Crippen molar-refractivity contribution >= 4 is 32.3 Å². The fourth-order valence-corrected chi connectivity index (χ4v) is 5.10. The topological polar surface area (TPSA) is 77.7 Å². The fraction of sp³-hybridized carbons (Fsp3) is 0.0455. The number of aromatic nitrogens is 4. The van der Waals surface area contributed by atoms with Crippen molar-refractivity contribution in [3.05, 3.63) is 83.4 Å². The van der Waals surface area contributed by atoms with Gasteiger partial charge in [0.15, 0.2) is 0 Å². The van der Waals surface area contributed by atoms with Crippen molar-refractivity contribution in [2.75, 3.05) is 0 Å². The molecule has 0 aliphatic carbocycles. The number of rotatable bonds is 4. The van der Waals surface area contributed by atoms with Gasteiger partial charge in [0.2, 0.25) is 0 Å². The molecule has 0 atom stereocenters. The smallest absolute Gasteiger partial charge is 0.256 e. The van der Waals surface area contributed by atoms with Crippen molar-refractivity contribution < 1.29 is 8.42 Å². The van der Waals surface area contributed by atoms with Crippen LogP contribution in [0, 0.1) is 6.92 Å². The Balaban J connectivity index is 1.56. The van der Waals surface area contributed by atoms with Crippen LogP contribution < -0.4 is 0 Å². The van der Waals surface area contributed by atoms with E-state index in [0.717, 1.165) is 36.8 Å². The van der Waals surface area contributed by atoms with Crippen molar-refractivity contribution in [1.82, 2.24) is 19.2 Å². The van der Waals surface area contributed by atoms with Gasteiger partial charge in [-0.25, -0.2) is 4.98 Å². The predicted molar refractivity (Wildman–Crippen MR) is 118 cm³/mol. The summed E-state index contributed by atoms with van der Waals surface area (Å²) in [4.78, 5) is 8.96. The van der Waals surface area contributed by atoms with E-state index in [2.05, 4.69) is 15.1 Å². The third kappa shape index (κ3) is 3.20. The van der Waals surface area contributed by atoms with E-state index in [9.17, 15) is 8.42 Å². The normalized spacial score (nSPS) is 11.8. The Morgan fingerprint density at radius 3 is 2.67 bits per heavy atom. The standard InChI is InChI=1S/C22H16N4O2S2/c1-15-24-22(14-29-15)16-5-4-6-17(13-16)30(27,28)26-12-10-21(25-26)19-9-11-23-20-8-3-2-7-18(19)20/h2-14H,1H3. The second-order valence-corrected chi connectivity index (χ2v) is 9.59.